The Balaban J connectivity index is 1.61. The standard InChI is InChI=1S/C18H20FN3O3/c19-13-4-2-12(3-5-13)15(23)11-21-18(20)22-14-6-7-16-17(10-14)25-9-1-8-24-16/h2-7,10,15,23H,1,8-9,11H2,(H3,20,21,22). The van der Waals surface area contributed by atoms with Crippen molar-refractivity contribution in [2.24, 2.45) is 10.7 Å². The van der Waals surface area contributed by atoms with E-state index in [1.165, 1.54) is 24.3 Å². The maximum absolute atomic E-state index is 12.9. The molecule has 0 aromatic heterocycles. The van der Waals surface area contributed by atoms with Gasteiger partial charge in [-0.25, -0.2) is 4.39 Å². The zero-order valence-corrected chi connectivity index (χ0v) is 13.6. The number of hydrogen-bond donors (Lipinski definition) is 3. The van der Waals surface area contributed by atoms with Crippen LogP contribution in [0.25, 0.3) is 0 Å². The molecular weight excluding hydrogens is 325 g/mol. The van der Waals surface area contributed by atoms with Crippen LogP contribution in [-0.4, -0.2) is 30.8 Å². The average molecular weight is 345 g/mol. The molecule has 6 nitrogen and oxygen atoms in total. The van der Waals surface area contributed by atoms with Gasteiger partial charge in [0.1, 0.15) is 5.82 Å². The van der Waals surface area contributed by atoms with Crippen molar-refractivity contribution in [1.29, 1.82) is 0 Å². The zero-order valence-electron chi connectivity index (χ0n) is 13.6. The van der Waals surface area contributed by atoms with Gasteiger partial charge in [-0.15, -0.1) is 0 Å². The summed E-state index contributed by atoms with van der Waals surface area (Å²) in [5.74, 6) is 1.16. The van der Waals surface area contributed by atoms with E-state index < -0.39 is 6.10 Å². The molecule has 1 heterocycles. The summed E-state index contributed by atoms with van der Waals surface area (Å²) in [4.78, 5) is 4.12. The van der Waals surface area contributed by atoms with Gasteiger partial charge in [-0.3, -0.25) is 4.99 Å². The number of guanidine groups is 1. The first-order valence-electron chi connectivity index (χ1n) is 8.02. The first-order chi connectivity index (χ1) is 12.1. The summed E-state index contributed by atoms with van der Waals surface area (Å²) in [5.41, 5.74) is 7.15. The Labute approximate surface area is 145 Å². The van der Waals surface area contributed by atoms with E-state index in [2.05, 4.69) is 10.3 Å². The van der Waals surface area contributed by atoms with Gasteiger partial charge in [-0.05, 0) is 29.8 Å². The van der Waals surface area contributed by atoms with Crippen molar-refractivity contribution in [3.05, 3.63) is 53.8 Å². The fourth-order valence-corrected chi connectivity index (χ4v) is 2.40. The molecule has 1 aliphatic heterocycles. The highest BCUT2D eigenvalue weighted by Crippen LogP contribution is 2.32. The molecule has 0 bridgehead atoms. The Kier molecular flexibility index (Phi) is 5.35. The molecule has 1 unspecified atom stereocenters. The molecule has 0 amide bonds. The smallest absolute Gasteiger partial charge is 0.193 e. The second-order valence-corrected chi connectivity index (χ2v) is 5.63. The van der Waals surface area contributed by atoms with Gasteiger partial charge >= 0.3 is 0 Å². The topological polar surface area (TPSA) is 89.1 Å². The van der Waals surface area contributed by atoms with Crippen LogP contribution in [0.15, 0.2) is 47.5 Å². The molecule has 4 N–H and O–H groups in total. The molecule has 132 valence electrons. The summed E-state index contributed by atoms with van der Waals surface area (Å²) in [6.45, 7) is 1.30. The van der Waals surface area contributed by atoms with Crippen LogP contribution >= 0.6 is 0 Å². The molecule has 0 saturated heterocycles. The van der Waals surface area contributed by atoms with Gasteiger partial charge < -0.3 is 25.6 Å². The molecule has 0 aliphatic carbocycles. The monoisotopic (exact) mass is 345 g/mol. The normalized spacial score (nSPS) is 15.4. The minimum absolute atomic E-state index is 0.0645. The lowest BCUT2D eigenvalue weighted by Gasteiger charge is -2.12. The van der Waals surface area contributed by atoms with E-state index in [9.17, 15) is 9.50 Å². The quantitative estimate of drug-likeness (QED) is 0.585. The first kappa shape index (κ1) is 17.0. The highest BCUT2D eigenvalue weighted by Gasteiger charge is 2.11. The summed E-state index contributed by atoms with van der Waals surface area (Å²) >= 11 is 0. The molecule has 2 aromatic rings. The molecule has 0 saturated carbocycles. The summed E-state index contributed by atoms with van der Waals surface area (Å²) < 4.78 is 24.1. The number of nitrogens with two attached hydrogens (primary N) is 1. The van der Waals surface area contributed by atoms with Gasteiger partial charge in [0.25, 0.3) is 0 Å². The summed E-state index contributed by atoms with van der Waals surface area (Å²) in [7, 11) is 0. The van der Waals surface area contributed by atoms with Crippen LogP contribution in [0.5, 0.6) is 11.5 Å². The van der Waals surface area contributed by atoms with Gasteiger partial charge in [-0.2, -0.15) is 0 Å². The number of rotatable bonds is 4. The van der Waals surface area contributed by atoms with Crippen LogP contribution in [0, 0.1) is 5.82 Å². The SMILES string of the molecule is NC(=NCC(O)c1ccc(F)cc1)Nc1ccc2c(c1)OCCCO2. The molecule has 0 radical (unpaired) electrons. The van der Waals surface area contributed by atoms with Gasteiger partial charge in [0, 0.05) is 18.2 Å². The summed E-state index contributed by atoms with van der Waals surface area (Å²) in [5, 5.41) is 13.0. The molecule has 1 atom stereocenters. The number of ether oxygens (including phenoxy) is 2. The Morgan fingerprint density at radius 3 is 2.64 bits per heavy atom. The largest absolute Gasteiger partial charge is 0.490 e. The second-order valence-electron chi connectivity index (χ2n) is 5.63. The van der Waals surface area contributed by atoms with Crippen LogP contribution in [0.3, 0.4) is 0 Å². The maximum atomic E-state index is 12.9. The van der Waals surface area contributed by atoms with E-state index in [1.54, 1.807) is 6.07 Å². The highest BCUT2D eigenvalue weighted by atomic mass is 19.1. The predicted molar refractivity (Wildman–Crippen MR) is 93.5 cm³/mol. The van der Waals surface area contributed by atoms with Crippen molar-refractivity contribution >= 4 is 11.6 Å². The highest BCUT2D eigenvalue weighted by molar-refractivity contribution is 5.92. The zero-order chi connectivity index (χ0) is 17.6. The molecule has 0 fully saturated rings. The number of aliphatic imine (C=N–C) groups is 1. The van der Waals surface area contributed by atoms with Crippen LogP contribution < -0.4 is 20.5 Å². The van der Waals surface area contributed by atoms with Gasteiger partial charge in [0.2, 0.25) is 0 Å². The number of hydrogen-bond acceptors (Lipinski definition) is 4. The lowest BCUT2D eigenvalue weighted by molar-refractivity contribution is 0.187. The van der Waals surface area contributed by atoms with Gasteiger partial charge in [0.05, 0.1) is 25.9 Å². The van der Waals surface area contributed by atoms with Gasteiger partial charge in [-0.1, -0.05) is 12.1 Å². The molecule has 25 heavy (non-hydrogen) atoms. The number of halogens is 1. The molecule has 3 rings (SSSR count). The van der Waals surface area contributed by atoms with E-state index in [0.29, 0.717) is 36.0 Å². The predicted octanol–water partition coefficient (Wildman–Crippen LogP) is 2.45. The van der Waals surface area contributed by atoms with Crippen LogP contribution in [-0.2, 0) is 0 Å². The molecule has 2 aromatic carbocycles. The Hall–Kier alpha value is -2.80. The van der Waals surface area contributed by atoms with Crippen molar-refractivity contribution in [1.82, 2.24) is 0 Å². The van der Waals surface area contributed by atoms with Crippen LogP contribution in [0.1, 0.15) is 18.1 Å². The summed E-state index contributed by atoms with van der Waals surface area (Å²) in [6.07, 6.45) is -0.0211. The fourth-order valence-electron chi connectivity index (χ4n) is 2.40. The Bertz CT molecular complexity index is 750. The number of aliphatic hydroxyl groups is 1. The number of aliphatic hydroxyl groups excluding tert-OH is 1. The third kappa shape index (κ3) is 4.60. The molecular formula is C18H20FN3O3. The fraction of sp³-hybridized carbons (Fsp3) is 0.278. The number of nitrogens with one attached hydrogen (secondary N) is 1. The van der Waals surface area contributed by atoms with Crippen molar-refractivity contribution in [3.8, 4) is 11.5 Å². The molecule has 7 heteroatoms. The molecule has 0 spiro atoms. The third-order valence-corrected chi connectivity index (χ3v) is 3.71. The van der Waals surface area contributed by atoms with Gasteiger partial charge in [0.15, 0.2) is 17.5 Å². The van der Waals surface area contributed by atoms with Crippen LogP contribution in [0.4, 0.5) is 10.1 Å². The van der Waals surface area contributed by atoms with Crippen molar-refractivity contribution in [3.63, 3.8) is 0 Å². The van der Waals surface area contributed by atoms with Crippen molar-refractivity contribution < 1.29 is 19.0 Å². The first-order valence-corrected chi connectivity index (χ1v) is 8.02. The number of fused-ring (bicyclic) bond motifs is 1. The van der Waals surface area contributed by atoms with E-state index in [1.807, 2.05) is 12.1 Å². The van der Waals surface area contributed by atoms with E-state index in [-0.39, 0.29) is 18.3 Å². The third-order valence-electron chi connectivity index (χ3n) is 3.71. The van der Waals surface area contributed by atoms with E-state index in [4.69, 9.17) is 15.2 Å². The Morgan fingerprint density at radius 2 is 1.88 bits per heavy atom. The minimum atomic E-state index is -0.857. The molecule has 1 aliphatic rings. The van der Waals surface area contributed by atoms with E-state index in [0.717, 1.165) is 6.42 Å². The number of nitrogens with zero attached hydrogens (tertiary/aromatic N) is 1. The van der Waals surface area contributed by atoms with E-state index >= 15 is 0 Å². The maximum Gasteiger partial charge on any atom is 0.193 e. The lowest BCUT2D eigenvalue weighted by atomic mass is 10.1. The lowest BCUT2D eigenvalue weighted by Crippen LogP contribution is -2.23. The number of anilines is 1. The minimum Gasteiger partial charge on any atom is -0.490 e. The Morgan fingerprint density at radius 1 is 1.16 bits per heavy atom. The number of benzene rings is 2. The second kappa shape index (κ2) is 7.85. The van der Waals surface area contributed by atoms with Crippen molar-refractivity contribution in [2.45, 2.75) is 12.5 Å². The summed E-state index contributed by atoms with van der Waals surface area (Å²) in [6, 6.07) is 11.0. The average Bonchev–Trinajstić information content (AvgIpc) is 2.85. The van der Waals surface area contributed by atoms with Crippen molar-refractivity contribution in [2.75, 3.05) is 25.1 Å². The van der Waals surface area contributed by atoms with Crippen LogP contribution in [0.2, 0.25) is 0 Å².